The molecule has 0 aromatic rings. The van der Waals surface area contributed by atoms with Crippen LogP contribution < -0.4 is 0 Å². The van der Waals surface area contributed by atoms with E-state index in [-0.39, 0.29) is 6.10 Å². The number of unbranched alkanes of at least 4 members (excludes halogenated alkanes) is 5. The number of hydrogen-bond donors (Lipinski definition) is 1. The second-order valence-electron chi connectivity index (χ2n) is 4.07. The SMILES string of the molecule is CC/C=C/CCCCCCC[C@H](C)O. The van der Waals surface area contributed by atoms with Crippen molar-refractivity contribution < 1.29 is 5.11 Å². The molecule has 0 saturated heterocycles. The molecule has 0 bridgehead atoms. The van der Waals surface area contributed by atoms with Gasteiger partial charge in [-0.2, -0.15) is 0 Å². The van der Waals surface area contributed by atoms with Crippen LogP contribution in [0.25, 0.3) is 0 Å². The zero-order valence-corrected chi connectivity index (χ0v) is 9.84. The lowest BCUT2D eigenvalue weighted by atomic mass is 10.1. The molecule has 0 rings (SSSR count). The molecule has 1 heteroatoms. The van der Waals surface area contributed by atoms with Crippen molar-refractivity contribution in [2.75, 3.05) is 0 Å². The van der Waals surface area contributed by atoms with Crippen LogP contribution in [0.1, 0.15) is 65.2 Å². The van der Waals surface area contributed by atoms with Crippen molar-refractivity contribution in [2.24, 2.45) is 0 Å². The zero-order valence-electron chi connectivity index (χ0n) is 9.84. The summed E-state index contributed by atoms with van der Waals surface area (Å²) in [5, 5.41) is 9.04. The second kappa shape index (κ2) is 10.8. The van der Waals surface area contributed by atoms with Crippen molar-refractivity contribution >= 4 is 0 Å². The van der Waals surface area contributed by atoms with Crippen molar-refractivity contribution in [1.29, 1.82) is 0 Å². The van der Waals surface area contributed by atoms with E-state index in [0.717, 1.165) is 12.8 Å². The third-order valence-corrected chi connectivity index (χ3v) is 2.40. The van der Waals surface area contributed by atoms with Gasteiger partial charge in [-0.15, -0.1) is 0 Å². The standard InChI is InChI=1S/C13H26O/c1-3-4-5-6-7-8-9-10-11-12-13(2)14/h4-5,13-14H,3,6-12H2,1-2H3/b5-4+/t13-/m0/s1. The van der Waals surface area contributed by atoms with Crippen LogP contribution in [-0.4, -0.2) is 11.2 Å². The summed E-state index contributed by atoms with van der Waals surface area (Å²) in [5.41, 5.74) is 0. The first-order valence-corrected chi connectivity index (χ1v) is 6.10. The molecule has 1 N–H and O–H groups in total. The van der Waals surface area contributed by atoms with Gasteiger partial charge in [0, 0.05) is 0 Å². The van der Waals surface area contributed by atoms with Gasteiger partial charge >= 0.3 is 0 Å². The molecular formula is C13H26O. The molecule has 0 radical (unpaired) electrons. The van der Waals surface area contributed by atoms with E-state index in [4.69, 9.17) is 5.11 Å². The quantitative estimate of drug-likeness (QED) is 0.437. The number of rotatable bonds is 9. The summed E-state index contributed by atoms with van der Waals surface area (Å²) in [6, 6.07) is 0. The lowest BCUT2D eigenvalue weighted by Crippen LogP contribution is -1.98. The zero-order chi connectivity index (χ0) is 10.6. The third-order valence-electron chi connectivity index (χ3n) is 2.40. The highest BCUT2D eigenvalue weighted by atomic mass is 16.3. The van der Waals surface area contributed by atoms with Crippen LogP contribution in [-0.2, 0) is 0 Å². The van der Waals surface area contributed by atoms with Gasteiger partial charge in [-0.25, -0.2) is 0 Å². The summed E-state index contributed by atoms with van der Waals surface area (Å²) in [5.74, 6) is 0. The fraction of sp³-hybridized carbons (Fsp3) is 0.846. The van der Waals surface area contributed by atoms with Crippen LogP contribution in [0.3, 0.4) is 0 Å². The van der Waals surface area contributed by atoms with E-state index in [0.29, 0.717) is 0 Å². The number of hydrogen-bond acceptors (Lipinski definition) is 1. The first kappa shape index (κ1) is 13.7. The van der Waals surface area contributed by atoms with Crippen LogP contribution >= 0.6 is 0 Å². The molecule has 0 aromatic heterocycles. The second-order valence-corrected chi connectivity index (χ2v) is 4.07. The summed E-state index contributed by atoms with van der Waals surface area (Å²) in [7, 11) is 0. The van der Waals surface area contributed by atoms with E-state index >= 15 is 0 Å². The minimum atomic E-state index is -0.109. The molecule has 0 fully saturated rings. The predicted octanol–water partition coefficient (Wildman–Crippen LogP) is 4.06. The Morgan fingerprint density at radius 2 is 1.64 bits per heavy atom. The first-order valence-electron chi connectivity index (χ1n) is 6.10. The Bertz CT molecular complexity index is 127. The lowest BCUT2D eigenvalue weighted by molar-refractivity contribution is 0.180. The van der Waals surface area contributed by atoms with E-state index in [9.17, 15) is 0 Å². The Labute approximate surface area is 89.2 Å². The predicted molar refractivity (Wildman–Crippen MR) is 63.4 cm³/mol. The fourth-order valence-electron chi connectivity index (χ4n) is 1.52. The average molecular weight is 198 g/mol. The van der Waals surface area contributed by atoms with E-state index in [1.165, 1.54) is 38.5 Å². The van der Waals surface area contributed by atoms with E-state index in [1.54, 1.807) is 0 Å². The Morgan fingerprint density at radius 3 is 2.29 bits per heavy atom. The highest BCUT2D eigenvalue weighted by Crippen LogP contribution is 2.08. The molecule has 0 aliphatic heterocycles. The summed E-state index contributed by atoms with van der Waals surface area (Å²) >= 11 is 0. The molecule has 1 nitrogen and oxygen atoms in total. The largest absolute Gasteiger partial charge is 0.393 e. The summed E-state index contributed by atoms with van der Waals surface area (Å²) < 4.78 is 0. The lowest BCUT2D eigenvalue weighted by Gasteiger charge is -2.02. The maximum Gasteiger partial charge on any atom is 0.0512 e. The molecule has 0 aliphatic carbocycles. The summed E-state index contributed by atoms with van der Waals surface area (Å²) in [4.78, 5) is 0. The monoisotopic (exact) mass is 198 g/mol. The average Bonchev–Trinajstić information content (AvgIpc) is 2.15. The highest BCUT2D eigenvalue weighted by molar-refractivity contribution is 4.79. The maximum absolute atomic E-state index is 9.04. The van der Waals surface area contributed by atoms with Gasteiger partial charge in [-0.3, -0.25) is 0 Å². The molecule has 84 valence electrons. The molecule has 0 aliphatic rings. The van der Waals surface area contributed by atoms with Crippen LogP contribution in [0.5, 0.6) is 0 Å². The number of aliphatic hydroxyl groups is 1. The molecule has 1 atom stereocenters. The number of aliphatic hydroxyl groups excluding tert-OH is 1. The van der Waals surface area contributed by atoms with Gasteiger partial charge in [0.2, 0.25) is 0 Å². The van der Waals surface area contributed by atoms with Gasteiger partial charge in [0.15, 0.2) is 0 Å². The van der Waals surface area contributed by atoms with Gasteiger partial charge in [0.25, 0.3) is 0 Å². The Morgan fingerprint density at radius 1 is 1.00 bits per heavy atom. The smallest absolute Gasteiger partial charge is 0.0512 e. The Kier molecular flexibility index (Phi) is 10.5. The van der Waals surface area contributed by atoms with Gasteiger partial charge in [0.1, 0.15) is 0 Å². The molecule has 0 amide bonds. The van der Waals surface area contributed by atoms with Crippen molar-refractivity contribution in [3.63, 3.8) is 0 Å². The Balaban J connectivity index is 2.95. The van der Waals surface area contributed by atoms with Crippen molar-refractivity contribution in [3.8, 4) is 0 Å². The van der Waals surface area contributed by atoms with Crippen molar-refractivity contribution in [1.82, 2.24) is 0 Å². The van der Waals surface area contributed by atoms with Gasteiger partial charge in [0.05, 0.1) is 6.10 Å². The molecule has 0 heterocycles. The van der Waals surface area contributed by atoms with Crippen molar-refractivity contribution in [3.05, 3.63) is 12.2 Å². The third kappa shape index (κ3) is 11.7. The molecule has 0 saturated carbocycles. The Hall–Kier alpha value is -0.300. The topological polar surface area (TPSA) is 20.2 Å². The van der Waals surface area contributed by atoms with Crippen LogP contribution in [0, 0.1) is 0 Å². The molecule has 0 spiro atoms. The van der Waals surface area contributed by atoms with Crippen LogP contribution in [0.15, 0.2) is 12.2 Å². The molecule has 14 heavy (non-hydrogen) atoms. The summed E-state index contributed by atoms with van der Waals surface area (Å²) in [6.45, 7) is 4.04. The molecule has 0 aromatic carbocycles. The fourth-order valence-corrected chi connectivity index (χ4v) is 1.52. The van der Waals surface area contributed by atoms with Gasteiger partial charge in [-0.05, 0) is 32.6 Å². The summed E-state index contributed by atoms with van der Waals surface area (Å²) in [6.07, 6.45) is 14.2. The minimum Gasteiger partial charge on any atom is -0.393 e. The van der Waals surface area contributed by atoms with Gasteiger partial charge in [-0.1, -0.05) is 44.8 Å². The van der Waals surface area contributed by atoms with Crippen LogP contribution in [0.4, 0.5) is 0 Å². The van der Waals surface area contributed by atoms with Crippen molar-refractivity contribution in [2.45, 2.75) is 71.3 Å². The maximum atomic E-state index is 9.04. The van der Waals surface area contributed by atoms with E-state index < -0.39 is 0 Å². The van der Waals surface area contributed by atoms with E-state index in [1.807, 2.05) is 6.92 Å². The molecule has 0 unspecified atom stereocenters. The van der Waals surface area contributed by atoms with Crippen LogP contribution in [0.2, 0.25) is 0 Å². The van der Waals surface area contributed by atoms with E-state index in [2.05, 4.69) is 19.1 Å². The van der Waals surface area contributed by atoms with Gasteiger partial charge < -0.3 is 5.11 Å². The normalized spacial score (nSPS) is 13.6. The first-order chi connectivity index (χ1) is 6.77. The molecular weight excluding hydrogens is 172 g/mol. The number of allylic oxidation sites excluding steroid dienone is 2. The highest BCUT2D eigenvalue weighted by Gasteiger charge is 1.94. The minimum absolute atomic E-state index is 0.109.